The van der Waals surface area contributed by atoms with Gasteiger partial charge in [0.05, 0.1) is 4.91 Å². The number of hydrogen-bond acceptors (Lipinski definition) is 7. The summed E-state index contributed by atoms with van der Waals surface area (Å²) in [5.41, 5.74) is 0.459. The van der Waals surface area contributed by atoms with E-state index in [9.17, 15) is 18.0 Å². The highest BCUT2D eigenvalue weighted by atomic mass is 32.2. The second kappa shape index (κ2) is 9.17. The van der Waals surface area contributed by atoms with E-state index in [0.29, 0.717) is 41.8 Å². The summed E-state index contributed by atoms with van der Waals surface area (Å²) in [5, 5.41) is 0.583. The third kappa shape index (κ3) is 4.86. The molecule has 2 amide bonds. The molecule has 0 bridgehead atoms. The van der Waals surface area contributed by atoms with E-state index in [-0.39, 0.29) is 22.5 Å². The molecule has 1 saturated heterocycles. The Bertz CT molecular complexity index is 1200. The zero-order chi connectivity index (χ0) is 22.7. The number of para-hydroxylation sites is 1. The minimum absolute atomic E-state index is 0.0318. The van der Waals surface area contributed by atoms with Crippen LogP contribution in [-0.4, -0.2) is 61.4 Å². The quantitative estimate of drug-likeness (QED) is 0.499. The van der Waals surface area contributed by atoms with E-state index < -0.39 is 10.1 Å². The van der Waals surface area contributed by atoms with Crippen molar-refractivity contribution in [1.29, 1.82) is 0 Å². The van der Waals surface area contributed by atoms with E-state index >= 15 is 0 Å². The molecule has 4 rings (SSSR count). The molecule has 166 valence electrons. The Morgan fingerprint density at radius 3 is 2.38 bits per heavy atom. The van der Waals surface area contributed by atoms with Gasteiger partial charge in [0.1, 0.15) is 10.6 Å². The molecule has 0 aromatic heterocycles. The van der Waals surface area contributed by atoms with Crippen LogP contribution in [0.15, 0.2) is 69.4 Å². The minimum Gasteiger partial charge on any atom is -0.378 e. The van der Waals surface area contributed by atoms with Crippen molar-refractivity contribution >= 4 is 44.9 Å². The molecule has 32 heavy (non-hydrogen) atoms. The van der Waals surface area contributed by atoms with Gasteiger partial charge in [-0.15, -0.1) is 0 Å². The molecule has 2 aromatic carbocycles. The van der Waals surface area contributed by atoms with Crippen LogP contribution < -0.4 is 4.18 Å². The van der Waals surface area contributed by atoms with Crippen LogP contribution in [-0.2, 0) is 19.7 Å². The Labute approximate surface area is 190 Å². The number of carbonyl (C=O) groups excluding carboxylic acids is 2. The van der Waals surface area contributed by atoms with E-state index in [0.717, 1.165) is 0 Å². The minimum atomic E-state index is -4.01. The summed E-state index contributed by atoms with van der Waals surface area (Å²) < 4.78 is 30.6. The Balaban J connectivity index is 1.51. The Morgan fingerprint density at radius 1 is 1.03 bits per heavy atom. The number of aliphatic imine (C=N–C) groups is 1. The first kappa shape index (κ1) is 22.1. The number of nitrogens with zero attached hydrogens (tertiary/aromatic N) is 3. The Morgan fingerprint density at radius 2 is 1.69 bits per heavy atom. The van der Waals surface area contributed by atoms with Gasteiger partial charge in [-0.25, -0.2) is 0 Å². The fourth-order valence-electron chi connectivity index (χ4n) is 3.32. The van der Waals surface area contributed by atoms with E-state index in [1.807, 2.05) is 4.90 Å². The molecule has 2 aliphatic heterocycles. The second-order valence-electron chi connectivity index (χ2n) is 7.19. The van der Waals surface area contributed by atoms with Crippen LogP contribution in [0.3, 0.4) is 0 Å². The van der Waals surface area contributed by atoms with Gasteiger partial charge >= 0.3 is 10.1 Å². The number of benzene rings is 2. The van der Waals surface area contributed by atoms with E-state index in [4.69, 9.17) is 4.18 Å². The molecule has 0 aliphatic carbocycles. The van der Waals surface area contributed by atoms with E-state index in [2.05, 4.69) is 4.99 Å². The lowest BCUT2D eigenvalue weighted by Gasteiger charge is -2.34. The third-order valence-electron chi connectivity index (χ3n) is 5.04. The van der Waals surface area contributed by atoms with Crippen molar-refractivity contribution in [3.8, 4) is 5.75 Å². The molecule has 0 atom stereocenters. The van der Waals surface area contributed by atoms with Gasteiger partial charge in [-0.1, -0.05) is 36.4 Å². The van der Waals surface area contributed by atoms with E-state index in [1.165, 1.54) is 23.9 Å². The summed E-state index contributed by atoms with van der Waals surface area (Å²) >= 11 is 1.23. The zero-order valence-corrected chi connectivity index (χ0v) is 18.9. The van der Waals surface area contributed by atoms with E-state index in [1.54, 1.807) is 60.4 Å². The highest BCUT2D eigenvalue weighted by molar-refractivity contribution is 8.18. The highest BCUT2D eigenvalue weighted by Crippen LogP contribution is 2.33. The Hall–Kier alpha value is -3.11. The Kier molecular flexibility index (Phi) is 6.33. The lowest BCUT2D eigenvalue weighted by Crippen LogP contribution is -2.49. The van der Waals surface area contributed by atoms with Gasteiger partial charge in [0.15, 0.2) is 5.17 Å². The van der Waals surface area contributed by atoms with Gasteiger partial charge in [-0.3, -0.25) is 9.59 Å². The smallest absolute Gasteiger partial charge is 0.339 e. The van der Waals surface area contributed by atoms with Crippen LogP contribution in [0.1, 0.15) is 12.5 Å². The maximum atomic E-state index is 12.6. The van der Waals surface area contributed by atoms with Gasteiger partial charge in [-0.05, 0) is 36.0 Å². The molecule has 0 spiro atoms. The predicted octanol–water partition coefficient (Wildman–Crippen LogP) is 2.59. The standard InChI is InChI=1S/C22H21N3O5S2/c1-16(26)24-11-13-25(14-12-24)22-23-21(27)20(31-22)15-17-7-5-6-10-19(17)30-32(28,29)18-8-3-2-4-9-18/h2-10,15H,11-14H2,1H3/b20-15-. The molecule has 8 nitrogen and oxygen atoms in total. The van der Waals surface area contributed by atoms with Gasteiger partial charge in [0, 0.05) is 38.7 Å². The number of amides is 2. The maximum absolute atomic E-state index is 12.6. The lowest BCUT2D eigenvalue weighted by atomic mass is 10.2. The summed E-state index contributed by atoms with van der Waals surface area (Å²) in [4.78, 5) is 32.3. The van der Waals surface area contributed by atoms with Crippen molar-refractivity contribution in [2.24, 2.45) is 4.99 Å². The number of rotatable bonds is 4. The first-order valence-corrected chi connectivity index (χ1v) is 12.2. The molecule has 2 heterocycles. The van der Waals surface area contributed by atoms with Crippen molar-refractivity contribution in [3.63, 3.8) is 0 Å². The summed E-state index contributed by atoms with van der Waals surface area (Å²) in [6, 6.07) is 14.5. The second-order valence-corrected chi connectivity index (χ2v) is 9.75. The zero-order valence-electron chi connectivity index (χ0n) is 17.3. The fourth-order valence-corrected chi connectivity index (χ4v) is 5.25. The predicted molar refractivity (Wildman–Crippen MR) is 123 cm³/mol. The van der Waals surface area contributed by atoms with Crippen LogP contribution in [0.4, 0.5) is 0 Å². The maximum Gasteiger partial charge on any atom is 0.339 e. The number of amidine groups is 1. The number of piperazine rings is 1. The molecular formula is C22H21N3O5S2. The highest BCUT2D eigenvalue weighted by Gasteiger charge is 2.29. The average molecular weight is 472 g/mol. The number of hydrogen-bond donors (Lipinski definition) is 0. The van der Waals surface area contributed by atoms with Crippen molar-refractivity contribution in [3.05, 3.63) is 65.1 Å². The van der Waals surface area contributed by atoms with Crippen LogP contribution in [0.2, 0.25) is 0 Å². The van der Waals surface area contributed by atoms with Crippen LogP contribution in [0.25, 0.3) is 6.08 Å². The summed E-state index contributed by atoms with van der Waals surface area (Å²) in [5.74, 6) is -0.232. The van der Waals surface area contributed by atoms with Crippen molar-refractivity contribution in [2.45, 2.75) is 11.8 Å². The summed E-state index contributed by atoms with van der Waals surface area (Å²) in [7, 11) is -4.01. The largest absolute Gasteiger partial charge is 0.378 e. The summed E-state index contributed by atoms with van der Waals surface area (Å²) in [6.45, 7) is 3.90. The van der Waals surface area contributed by atoms with Crippen LogP contribution >= 0.6 is 11.8 Å². The fraction of sp³-hybridized carbons (Fsp3) is 0.227. The van der Waals surface area contributed by atoms with Gasteiger partial charge in [-0.2, -0.15) is 13.4 Å². The van der Waals surface area contributed by atoms with Crippen molar-refractivity contribution in [1.82, 2.24) is 9.80 Å². The van der Waals surface area contributed by atoms with Crippen LogP contribution in [0, 0.1) is 0 Å². The average Bonchev–Trinajstić information content (AvgIpc) is 3.16. The van der Waals surface area contributed by atoms with Gasteiger partial charge in [0.25, 0.3) is 5.91 Å². The monoisotopic (exact) mass is 471 g/mol. The molecule has 10 heteroatoms. The van der Waals surface area contributed by atoms with Crippen molar-refractivity contribution < 1.29 is 22.2 Å². The third-order valence-corrected chi connectivity index (χ3v) is 7.33. The molecule has 0 radical (unpaired) electrons. The topological polar surface area (TPSA) is 96.3 Å². The first-order valence-electron chi connectivity index (χ1n) is 9.95. The molecular weight excluding hydrogens is 450 g/mol. The lowest BCUT2D eigenvalue weighted by molar-refractivity contribution is -0.130. The van der Waals surface area contributed by atoms with Gasteiger partial charge in [0.2, 0.25) is 5.91 Å². The number of thioether (sulfide) groups is 1. The molecule has 0 unspecified atom stereocenters. The molecule has 2 aromatic rings. The first-order chi connectivity index (χ1) is 15.3. The molecule has 2 aliphatic rings. The molecule has 1 fully saturated rings. The SMILES string of the molecule is CC(=O)N1CCN(C2=NC(=O)/C(=C/c3ccccc3OS(=O)(=O)c3ccccc3)S2)CC1. The molecule has 0 N–H and O–H groups in total. The van der Waals surface area contributed by atoms with Crippen LogP contribution in [0.5, 0.6) is 5.75 Å². The normalized spacial score (nSPS) is 18.1. The van der Waals surface area contributed by atoms with Gasteiger partial charge < -0.3 is 14.0 Å². The summed E-state index contributed by atoms with van der Waals surface area (Å²) in [6.07, 6.45) is 1.59. The number of carbonyl (C=O) groups is 2. The van der Waals surface area contributed by atoms with Crippen molar-refractivity contribution in [2.75, 3.05) is 26.2 Å². The molecule has 0 saturated carbocycles.